The fourth-order valence-electron chi connectivity index (χ4n) is 3.03. The minimum atomic E-state index is 0.792. The first-order valence-corrected chi connectivity index (χ1v) is 10.9. The van der Waals surface area contributed by atoms with Gasteiger partial charge in [0.1, 0.15) is 0 Å². The minimum absolute atomic E-state index is 0.792. The summed E-state index contributed by atoms with van der Waals surface area (Å²) in [5.74, 6) is 0.872. The number of aromatic nitrogens is 3. The smallest absolute Gasteiger partial charge is 0.211 e. The van der Waals surface area contributed by atoms with Crippen LogP contribution >= 0.6 is 50.6 Å². The third-order valence-corrected chi connectivity index (χ3v) is 7.21. The van der Waals surface area contributed by atoms with Gasteiger partial charge in [-0.2, -0.15) is 5.10 Å². The maximum Gasteiger partial charge on any atom is 0.211 e. The van der Waals surface area contributed by atoms with Gasteiger partial charge in [0.2, 0.25) is 5.13 Å². The Morgan fingerprint density at radius 3 is 2.81 bits per heavy atom. The Balaban J connectivity index is 1.62. The van der Waals surface area contributed by atoms with Crippen LogP contribution in [0.25, 0.3) is 27.6 Å². The van der Waals surface area contributed by atoms with E-state index in [2.05, 4.69) is 44.6 Å². The maximum atomic E-state index is 6.40. The van der Waals surface area contributed by atoms with Crippen molar-refractivity contribution in [2.75, 3.05) is 0 Å². The van der Waals surface area contributed by atoms with Gasteiger partial charge in [0.05, 0.1) is 22.6 Å². The second-order valence-electron chi connectivity index (χ2n) is 5.86. The highest BCUT2D eigenvalue weighted by molar-refractivity contribution is 9.10. The van der Waals surface area contributed by atoms with Crippen molar-refractivity contribution in [1.29, 1.82) is 0 Å². The van der Waals surface area contributed by atoms with Gasteiger partial charge in [0, 0.05) is 37.2 Å². The Bertz CT molecular complexity index is 1120. The Labute approximate surface area is 172 Å². The van der Waals surface area contributed by atoms with Gasteiger partial charge in [-0.25, -0.2) is 9.67 Å². The second kappa shape index (κ2) is 6.53. The van der Waals surface area contributed by atoms with Gasteiger partial charge in [0.15, 0.2) is 0 Å². The molecule has 0 saturated heterocycles. The quantitative estimate of drug-likeness (QED) is 0.334. The first-order chi connectivity index (χ1) is 12.7. The number of hydrogen-bond acceptors (Lipinski definition) is 4. The highest BCUT2D eigenvalue weighted by atomic mass is 79.9. The number of rotatable bonds is 2. The van der Waals surface area contributed by atoms with Crippen LogP contribution in [0, 0.1) is 0 Å². The Morgan fingerprint density at radius 1 is 1.12 bits per heavy atom. The third kappa shape index (κ3) is 2.72. The zero-order valence-electron chi connectivity index (χ0n) is 13.3. The molecule has 128 valence electrons. The lowest BCUT2D eigenvalue weighted by Gasteiger charge is -2.18. The SMILES string of the molecule is Clc1cccc2c1SCc1cnn(-c3nc(-c4ccc(Br)cc4)cs3)c1-2. The molecule has 7 heteroatoms. The molecule has 0 N–H and O–H groups in total. The standard InChI is InChI=1S/C19H11BrClN3S2/c20-13-6-4-11(5-7-13)16-10-26-19(23-16)24-17-12(8-22-24)9-25-18-14(17)2-1-3-15(18)21/h1-8,10H,9H2. The molecule has 5 rings (SSSR count). The van der Waals surface area contributed by atoms with Gasteiger partial charge < -0.3 is 0 Å². The number of nitrogens with zero attached hydrogens (tertiary/aromatic N) is 3. The largest absolute Gasteiger partial charge is 0.218 e. The van der Waals surface area contributed by atoms with Crippen LogP contribution in [-0.4, -0.2) is 14.8 Å². The van der Waals surface area contributed by atoms with Gasteiger partial charge >= 0.3 is 0 Å². The van der Waals surface area contributed by atoms with Crippen molar-refractivity contribution in [2.24, 2.45) is 0 Å². The van der Waals surface area contributed by atoms with E-state index in [9.17, 15) is 0 Å². The number of fused-ring (bicyclic) bond motifs is 3. The molecule has 3 heterocycles. The van der Waals surface area contributed by atoms with Crippen LogP contribution in [0.5, 0.6) is 0 Å². The van der Waals surface area contributed by atoms with E-state index in [1.807, 2.05) is 35.1 Å². The van der Waals surface area contributed by atoms with Gasteiger partial charge in [-0.15, -0.1) is 23.1 Å². The summed E-state index contributed by atoms with van der Waals surface area (Å²) in [5, 5.41) is 8.35. The normalized spacial score (nSPS) is 12.7. The molecule has 0 atom stereocenters. The predicted octanol–water partition coefficient (Wildman–Crippen LogP) is 6.68. The van der Waals surface area contributed by atoms with Crippen molar-refractivity contribution >= 4 is 50.6 Å². The zero-order chi connectivity index (χ0) is 17.7. The minimum Gasteiger partial charge on any atom is -0.218 e. The summed E-state index contributed by atoms with van der Waals surface area (Å²) in [7, 11) is 0. The summed E-state index contributed by atoms with van der Waals surface area (Å²) in [6.45, 7) is 0. The van der Waals surface area contributed by atoms with E-state index in [4.69, 9.17) is 16.6 Å². The molecule has 0 amide bonds. The van der Waals surface area contributed by atoms with Crippen molar-refractivity contribution in [3.8, 4) is 27.6 Å². The molecule has 0 radical (unpaired) electrons. The average molecular weight is 461 g/mol. The molecule has 2 aromatic heterocycles. The molecule has 3 nitrogen and oxygen atoms in total. The number of thiazole rings is 1. The van der Waals surface area contributed by atoms with Gasteiger partial charge in [-0.05, 0) is 18.2 Å². The fraction of sp³-hybridized carbons (Fsp3) is 0.0526. The molecule has 2 aromatic carbocycles. The van der Waals surface area contributed by atoms with E-state index < -0.39 is 0 Å². The molecule has 0 spiro atoms. The summed E-state index contributed by atoms with van der Waals surface area (Å²) in [6, 6.07) is 14.2. The lowest BCUT2D eigenvalue weighted by atomic mass is 10.1. The van der Waals surface area contributed by atoms with Crippen LogP contribution < -0.4 is 0 Å². The number of benzene rings is 2. The summed E-state index contributed by atoms with van der Waals surface area (Å²) in [4.78, 5) is 5.94. The van der Waals surface area contributed by atoms with Gasteiger partial charge in [0.25, 0.3) is 0 Å². The molecule has 4 aromatic rings. The van der Waals surface area contributed by atoms with Crippen LogP contribution in [0.15, 0.2) is 63.4 Å². The molecular formula is C19H11BrClN3S2. The zero-order valence-corrected chi connectivity index (χ0v) is 17.3. The molecule has 26 heavy (non-hydrogen) atoms. The monoisotopic (exact) mass is 459 g/mol. The predicted molar refractivity (Wildman–Crippen MR) is 112 cm³/mol. The number of hydrogen-bond donors (Lipinski definition) is 0. The topological polar surface area (TPSA) is 30.7 Å². The number of thioether (sulfide) groups is 1. The molecule has 0 aliphatic carbocycles. The summed E-state index contributed by atoms with van der Waals surface area (Å²) in [6.07, 6.45) is 1.94. The molecule has 0 fully saturated rings. The molecule has 0 bridgehead atoms. The molecule has 1 aliphatic heterocycles. The van der Waals surface area contributed by atoms with Crippen LogP contribution in [0.2, 0.25) is 5.02 Å². The second-order valence-corrected chi connectivity index (χ2v) is 9.00. The Hall–Kier alpha value is -1.60. The fourth-order valence-corrected chi connectivity index (χ4v) is 5.46. The number of halogens is 2. The van der Waals surface area contributed by atoms with Crippen molar-refractivity contribution in [3.63, 3.8) is 0 Å². The lowest BCUT2D eigenvalue weighted by molar-refractivity contribution is 0.875. The average Bonchev–Trinajstić information content (AvgIpc) is 3.29. The van der Waals surface area contributed by atoms with E-state index in [1.165, 1.54) is 5.56 Å². The van der Waals surface area contributed by atoms with Crippen molar-refractivity contribution in [2.45, 2.75) is 10.6 Å². The molecule has 0 unspecified atom stereocenters. The molecule has 1 aliphatic rings. The molecule has 0 saturated carbocycles. The molecular weight excluding hydrogens is 450 g/mol. The van der Waals surface area contributed by atoms with E-state index in [1.54, 1.807) is 23.1 Å². The Kier molecular flexibility index (Phi) is 4.16. The van der Waals surface area contributed by atoms with E-state index >= 15 is 0 Å². The lowest BCUT2D eigenvalue weighted by Crippen LogP contribution is -2.03. The van der Waals surface area contributed by atoms with Crippen LogP contribution in [-0.2, 0) is 5.75 Å². The van der Waals surface area contributed by atoms with E-state index in [-0.39, 0.29) is 0 Å². The van der Waals surface area contributed by atoms with E-state index in [0.717, 1.165) is 47.8 Å². The van der Waals surface area contributed by atoms with Crippen LogP contribution in [0.1, 0.15) is 5.56 Å². The summed E-state index contributed by atoms with van der Waals surface area (Å²) < 4.78 is 3.00. The Morgan fingerprint density at radius 2 is 1.96 bits per heavy atom. The highest BCUT2D eigenvalue weighted by Gasteiger charge is 2.24. The van der Waals surface area contributed by atoms with Crippen molar-refractivity contribution < 1.29 is 0 Å². The first kappa shape index (κ1) is 16.6. The summed E-state index contributed by atoms with van der Waals surface area (Å²) in [5.41, 5.74) is 5.48. The first-order valence-electron chi connectivity index (χ1n) is 7.91. The van der Waals surface area contributed by atoms with E-state index in [0.29, 0.717) is 0 Å². The van der Waals surface area contributed by atoms with Gasteiger partial charge in [-0.3, -0.25) is 0 Å². The van der Waals surface area contributed by atoms with Crippen LogP contribution in [0.3, 0.4) is 0 Å². The van der Waals surface area contributed by atoms with Crippen LogP contribution in [0.4, 0.5) is 0 Å². The summed E-state index contributed by atoms with van der Waals surface area (Å²) >= 11 is 13.2. The van der Waals surface area contributed by atoms with Crippen molar-refractivity contribution in [1.82, 2.24) is 14.8 Å². The maximum absolute atomic E-state index is 6.40. The van der Waals surface area contributed by atoms with Gasteiger partial charge in [-0.1, -0.05) is 51.8 Å². The van der Waals surface area contributed by atoms with Crippen molar-refractivity contribution in [3.05, 3.63) is 69.1 Å². The third-order valence-electron chi connectivity index (χ3n) is 4.25. The highest BCUT2D eigenvalue weighted by Crippen LogP contribution is 2.45.